The van der Waals surface area contributed by atoms with E-state index in [9.17, 15) is 4.79 Å². The van der Waals surface area contributed by atoms with Crippen LogP contribution in [0.2, 0.25) is 5.02 Å². The SMILES string of the molecule is CCc1ccc(OCc2c(Br)cccc2OC(=O)OC)cc1Cl. The topological polar surface area (TPSA) is 44.8 Å². The Hall–Kier alpha value is -1.72. The van der Waals surface area contributed by atoms with Gasteiger partial charge in [0, 0.05) is 15.1 Å². The summed E-state index contributed by atoms with van der Waals surface area (Å²) in [5, 5.41) is 0.670. The van der Waals surface area contributed by atoms with Crippen LogP contribution in [0.5, 0.6) is 11.5 Å². The zero-order valence-electron chi connectivity index (χ0n) is 12.8. The van der Waals surface area contributed by atoms with E-state index < -0.39 is 6.16 Å². The maximum Gasteiger partial charge on any atom is 0.513 e. The monoisotopic (exact) mass is 398 g/mol. The molecule has 4 nitrogen and oxygen atoms in total. The predicted molar refractivity (Wildman–Crippen MR) is 92.3 cm³/mol. The number of halogens is 2. The number of carbonyl (C=O) groups excluding carboxylic acids is 1. The number of aryl methyl sites for hydroxylation is 1. The van der Waals surface area contributed by atoms with Crippen molar-refractivity contribution in [3.8, 4) is 11.5 Å². The maximum atomic E-state index is 11.3. The fraction of sp³-hybridized carbons (Fsp3) is 0.235. The quantitative estimate of drug-likeness (QED) is 0.499. The average Bonchev–Trinajstić information content (AvgIpc) is 2.54. The molecule has 0 spiro atoms. The van der Waals surface area contributed by atoms with Crippen molar-refractivity contribution < 1.29 is 19.0 Å². The highest BCUT2D eigenvalue weighted by Crippen LogP contribution is 2.30. The Morgan fingerprint density at radius 1 is 1.26 bits per heavy atom. The summed E-state index contributed by atoms with van der Waals surface area (Å²) in [4.78, 5) is 11.3. The van der Waals surface area contributed by atoms with E-state index in [0.717, 1.165) is 16.5 Å². The Balaban J connectivity index is 2.16. The second-order valence-corrected chi connectivity index (χ2v) is 5.93. The minimum Gasteiger partial charge on any atom is -0.489 e. The Kier molecular flexibility index (Phi) is 6.30. The van der Waals surface area contributed by atoms with E-state index in [2.05, 4.69) is 20.7 Å². The summed E-state index contributed by atoms with van der Waals surface area (Å²) in [5.74, 6) is 1.02. The van der Waals surface area contributed by atoms with Crippen LogP contribution in [0.1, 0.15) is 18.1 Å². The zero-order chi connectivity index (χ0) is 16.8. The molecule has 0 bridgehead atoms. The van der Waals surface area contributed by atoms with E-state index in [4.69, 9.17) is 21.1 Å². The lowest BCUT2D eigenvalue weighted by Gasteiger charge is -2.13. The number of hydrogen-bond donors (Lipinski definition) is 0. The zero-order valence-corrected chi connectivity index (χ0v) is 15.1. The fourth-order valence-electron chi connectivity index (χ4n) is 1.97. The van der Waals surface area contributed by atoms with Gasteiger partial charge in [0.1, 0.15) is 18.1 Å². The van der Waals surface area contributed by atoms with Gasteiger partial charge in [-0.1, -0.05) is 46.6 Å². The van der Waals surface area contributed by atoms with Crippen LogP contribution in [0.15, 0.2) is 40.9 Å². The van der Waals surface area contributed by atoms with Gasteiger partial charge in [-0.15, -0.1) is 0 Å². The first-order chi connectivity index (χ1) is 11.0. The lowest BCUT2D eigenvalue weighted by molar-refractivity contribution is 0.120. The first-order valence-corrected chi connectivity index (χ1v) is 8.16. The predicted octanol–water partition coefficient (Wildman–Crippen LogP) is 5.39. The first-order valence-electron chi connectivity index (χ1n) is 6.99. The summed E-state index contributed by atoms with van der Waals surface area (Å²) < 4.78 is 16.2. The molecule has 0 aromatic heterocycles. The number of hydrogen-bond acceptors (Lipinski definition) is 4. The van der Waals surface area contributed by atoms with Gasteiger partial charge in [0.05, 0.1) is 7.11 Å². The molecule has 6 heteroatoms. The Bertz CT molecular complexity index is 703. The molecule has 0 aliphatic carbocycles. The molecule has 0 atom stereocenters. The molecule has 0 fully saturated rings. The van der Waals surface area contributed by atoms with Crippen LogP contribution >= 0.6 is 27.5 Å². The standard InChI is InChI=1S/C17H16BrClO4/c1-3-11-7-8-12(9-15(11)19)22-10-13-14(18)5-4-6-16(13)23-17(20)21-2/h4-9H,3,10H2,1-2H3. The van der Waals surface area contributed by atoms with Crippen LogP contribution in [0, 0.1) is 0 Å². The molecule has 0 N–H and O–H groups in total. The highest BCUT2D eigenvalue weighted by Gasteiger charge is 2.13. The van der Waals surface area contributed by atoms with Crippen LogP contribution < -0.4 is 9.47 Å². The lowest BCUT2D eigenvalue weighted by Crippen LogP contribution is -2.10. The molecule has 0 saturated carbocycles. The van der Waals surface area contributed by atoms with Crippen LogP contribution in [0.25, 0.3) is 0 Å². The third-order valence-corrected chi connectivity index (χ3v) is 4.32. The summed E-state index contributed by atoms with van der Waals surface area (Å²) in [6, 6.07) is 10.9. The van der Waals surface area contributed by atoms with Gasteiger partial charge >= 0.3 is 6.16 Å². The third kappa shape index (κ3) is 4.62. The minimum atomic E-state index is -0.778. The number of rotatable bonds is 5. The Morgan fingerprint density at radius 2 is 2.04 bits per heavy atom. The number of benzene rings is 2. The summed E-state index contributed by atoms with van der Waals surface area (Å²) >= 11 is 9.62. The van der Waals surface area contributed by atoms with E-state index in [0.29, 0.717) is 22.1 Å². The molecular formula is C17H16BrClO4. The van der Waals surface area contributed by atoms with Gasteiger partial charge in [0.25, 0.3) is 0 Å². The molecule has 0 aliphatic heterocycles. The van der Waals surface area contributed by atoms with E-state index in [1.165, 1.54) is 7.11 Å². The summed E-state index contributed by atoms with van der Waals surface area (Å²) in [6.07, 6.45) is 0.0835. The van der Waals surface area contributed by atoms with Gasteiger partial charge in [-0.3, -0.25) is 0 Å². The summed E-state index contributed by atoms with van der Waals surface area (Å²) in [5.41, 5.74) is 1.77. The van der Waals surface area contributed by atoms with Crippen molar-refractivity contribution in [1.29, 1.82) is 0 Å². The largest absolute Gasteiger partial charge is 0.513 e. The second kappa shape index (κ2) is 8.22. The first kappa shape index (κ1) is 17.6. The van der Waals surface area contributed by atoms with Crippen LogP contribution in [0.4, 0.5) is 4.79 Å². The van der Waals surface area contributed by atoms with Crippen molar-refractivity contribution in [3.63, 3.8) is 0 Å². The van der Waals surface area contributed by atoms with E-state index in [1.807, 2.05) is 25.1 Å². The molecule has 122 valence electrons. The molecule has 0 amide bonds. The maximum absolute atomic E-state index is 11.3. The Morgan fingerprint density at radius 3 is 2.70 bits per heavy atom. The van der Waals surface area contributed by atoms with Crippen molar-refractivity contribution in [2.45, 2.75) is 20.0 Å². The molecule has 0 aliphatic rings. The van der Waals surface area contributed by atoms with E-state index in [1.54, 1.807) is 18.2 Å². The Labute approximate surface area is 148 Å². The van der Waals surface area contributed by atoms with E-state index in [-0.39, 0.29) is 6.61 Å². The molecular weight excluding hydrogens is 384 g/mol. The summed E-state index contributed by atoms with van der Waals surface area (Å²) in [6.45, 7) is 2.26. The highest BCUT2D eigenvalue weighted by molar-refractivity contribution is 9.10. The van der Waals surface area contributed by atoms with Gasteiger partial charge in [0.15, 0.2) is 0 Å². The van der Waals surface area contributed by atoms with Gasteiger partial charge in [0.2, 0.25) is 0 Å². The molecule has 0 radical (unpaired) electrons. The van der Waals surface area contributed by atoms with Crippen molar-refractivity contribution in [2.75, 3.05) is 7.11 Å². The second-order valence-electron chi connectivity index (χ2n) is 4.67. The molecule has 2 aromatic rings. The third-order valence-electron chi connectivity index (χ3n) is 3.22. The van der Waals surface area contributed by atoms with Crippen LogP contribution in [-0.4, -0.2) is 13.3 Å². The molecule has 0 unspecified atom stereocenters. The molecule has 23 heavy (non-hydrogen) atoms. The van der Waals surface area contributed by atoms with E-state index >= 15 is 0 Å². The normalized spacial score (nSPS) is 10.3. The van der Waals surface area contributed by atoms with Crippen LogP contribution in [0.3, 0.4) is 0 Å². The lowest BCUT2D eigenvalue weighted by atomic mass is 10.1. The number of ether oxygens (including phenoxy) is 3. The average molecular weight is 400 g/mol. The minimum absolute atomic E-state index is 0.218. The molecule has 2 rings (SSSR count). The molecule has 2 aromatic carbocycles. The van der Waals surface area contributed by atoms with Crippen molar-refractivity contribution in [3.05, 3.63) is 57.0 Å². The van der Waals surface area contributed by atoms with Crippen LogP contribution in [-0.2, 0) is 17.8 Å². The van der Waals surface area contributed by atoms with Gasteiger partial charge in [-0.05, 0) is 36.2 Å². The fourth-order valence-corrected chi connectivity index (χ4v) is 2.73. The number of carbonyl (C=O) groups is 1. The highest BCUT2D eigenvalue weighted by atomic mass is 79.9. The van der Waals surface area contributed by atoms with Gasteiger partial charge in [-0.25, -0.2) is 4.79 Å². The smallest absolute Gasteiger partial charge is 0.489 e. The van der Waals surface area contributed by atoms with Crippen molar-refractivity contribution >= 4 is 33.7 Å². The van der Waals surface area contributed by atoms with Crippen molar-refractivity contribution in [1.82, 2.24) is 0 Å². The molecule has 0 saturated heterocycles. The van der Waals surface area contributed by atoms with Gasteiger partial charge in [-0.2, -0.15) is 0 Å². The number of methoxy groups -OCH3 is 1. The van der Waals surface area contributed by atoms with Gasteiger partial charge < -0.3 is 14.2 Å². The van der Waals surface area contributed by atoms with Crippen molar-refractivity contribution in [2.24, 2.45) is 0 Å². The summed E-state index contributed by atoms with van der Waals surface area (Å²) in [7, 11) is 1.26. The molecule has 0 heterocycles.